The summed E-state index contributed by atoms with van der Waals surface area (Å²) in [5.41, 5.74) is 0.545. The van der Waals surface area contributed by atoms with Gasteiger partial charge in [-0.25, -0.2) is 4.39 Å². The first-order chi connectivity index (χ1) is 8.77. The Kier molecular flexibility index (Phi) is 4.10. The minimum absolute atomic E-state index is 0.267. The van der Waals surface area contributed by atoms with E-state index in [1.165, 1.54) is 0 Å². The molecule has 1 aliphatic rings. The Hall–Kier alpha value is -0.385. The maximum absolute atomic E-state index is 14.2. The SMILES string of the molecule is CC1(C)OB(c2ccc(CCBr)cc2F)OC1(C)C. The number of rotatable bonds is 3. The predicted molar refractivity (Wildman–Crippen MR) is 79.6 cm³/mol. The number of hydrogen-bond acceptors (Lipinski definition) is 2. The molecule has 0 saturated carbocycles. The summed E-state index contributed by atoms with van der Waals surface area (Å²) in [5.74, 6) is -0.267. The topological polar surface area (TPSA) is 18.5 Å². The molecule has 1 saturated heterocycles. The Morgan fingerprint density at radius 2 is 1.74 bits per heavy atom. The molecular formula is C14H19BBrFO2. The van der Waals surface area contributed by atoms with E-state index in [1.807, 2.05) is 33.8 Å². The van der Waals surface area contributed by atoms with Gasteiger partial charge in [0, 0.05) is 10.8 Å². The second-order valence-electron chi connectivity index (χ2n) is 5.88. The highest BCUT2D eigenvalue weighted by Crippen LogP contribution is 2.36. The number of halogens is 2. The first kappa shape index (κ1) is 15.0. The predicted octanol–water partition coefficient (Wildman–Crippen LogP) is 3.06. The Morgan fingerprint density at radius 3 is 2.21 bits per heavy atom. The molecule has 1 aromatic carbocycles. The van der Waals surface area contributed by atoms with Gasteiger partial charge >= 0.3 is 7.12 Å². The van der Waals surface area contributed by atoms with E-state index in [0.717, 1.165) is 17.3 Å². The maximum Gasteiger partial charge on any atom is 0.497 e. The fourth-order valence-electron chi connectivity index (χ4n) is 2.00. The lowest BCUT2D eigenvalue weighted by Crippen LogP contribution is -2.41. The normalized spacial score (nSPS) is 20.8. The van der Waals surface area contributed by atoms with Crippen molar-refractivity contribution >= 4 is 28.5 Å². The van der Waals surface area contributed by atoms with Gasteiger partial charge in [0.2, 0.25) is 0 Å². The smallest absolute Gasteiger partial charge is 0.399 e. The summed E-state index contributed by atoms with van der Waals surface area (Å²) in [6.45, 7) is 7.85. The van der Waals surface area contributed by atoms with Crippen LogP contribution in [0.2, 0.25) is 0 Å². The van der Waals surface area contributed by atoms with Crippen LogP contribution in [-0.2, 0) is 15.7 Å². The van der Waals surface area contributed by atoms with Gasteiger partial charge in [0.05, 0.1) is 11.2 Å². The van der Waals surface area contributed by atoms with Gasteiger partial charge < -0.3 is 9.31 Å². The quantitative estimate of drug-likeness (QED) is 0.627. The van der Waals surface area contributed by atoms with Crippen LogP contribution in [0.4, 0.5) is 4.39 Å². The molecule has 19 heavy (non-hydrogen) atoms. The zero-order valence-electron chi connectivity index (χ0n) is 11.8. The molecule has 0 spiro atoms. The molecule has 104 valence electrons. The number of aryl methyl sites for hydroxylation is 1. The van der Waals surface area contributed by atoms with Crippen molar-refractivity contribution in [3.8, 4) is 0 Å². The van der Waals surface area contributed by atoms with Crippen molar-refractivity contribution in [1.82, 2.24) is 0 Å². The first-order valence-corrected chi connectivity index (χ1v) is 7.59. The summed E-state index contributed by atoms with van der Waals surface area (Å²) in [6, 6.07) is 5.24. The minimum atomic E-state index is -0.636. The highest BCUT2D eigenvalue weighted by Gasteiger charge is 2.52. The van der Waals surface area contributed by atoms with Gasteiger partial charge in [-0.2, -0.15) is 0 Å². The third-order valence-electron chi connectivity index (χ3n) is 3.96. The summed E-state index contributed by atoms with van der Waals surface area (Å²) in [6.07, 6.45) is 0.806. The van der Waals surface area contributed by atoms with Crippen molar-refractivity contribution in [2.45, 2.75) is 45.3 Å². The van der Waals surface area contributed by atoms with Crippen molar-refractivity contribution in [1.29, 1.82) is 0 Å². The van der Waals surface area contributed by atoms with Gasteiger partial charge in [0.15, 0.2) is 0 Å². The van der Waals surface area contributed by atoms with Gasteiger partial charge in [-0.05, 0) is 45.7 Å². The molecule has 0 amide bonds. The lowest BCUT2D eigenvalue weighted by molar-refractivity contribution is 0.00578. The van der Waals surface area contributed by atoms with E-state index in [4.69, 9.17) is 9.31 Å². The summed E-state index contributed by atoms with van der Waals surface area (Å²) >= 11 is 3.35. The van der Waals surface area contributed by atoms with Crippen LogP contribution in [0.1, 0.15) is 33.3 Å². The van der Waals surface area contributed by atoms with Crippen molar-refractivity contribution in [3.63, 3.8) is 0 Å². The summed E-state index contributed by atoms with van der Waals surface area (Å²) < 4.78 is 25.9. The van der Waals surface area contributed by atoms with Crippen molar-refractivity contribution < 1.29 is 13.7 Å². The molecule has 1 heterocycles. The zero-order valence-corrected chi connectivity index (χ0v) is 13.4. The summed E-state index contributed by atoms with van der Waals surface area (Å²) in [7, 11) is -0.636. The van der Waals surface area contributed by atoms with E-state index >= 15 is 0 Å². The molecule has 0 aromatic heterocycles. The molecule has 2 nitrogen and oxygen atoms in total. The molecule has 1 fully saturated rings. The van der Waals surface area contributed by atoms with E-state index in [0.29, 0.717) is 5.46 Å². The van der Waals surface area contributed by atoms with Gasteiger partial charge in [-0.1, -0.05) is 28.1 Å². The van der Waals surface area contributed by atoms with Crippen LogP contribution >= 0.6 is 15.9 Å². The van der Waals surface area contributed by atoms with Gasteiger partial charge in [0.25, 0.3) is 0 Å². The summed E-state index contributed by atoms with van der Waals surface area (Å²) in [5, 5.41) is 0.822. The van der Waals surface area contributed by atoms with Gasteiger partial charge in [-0.15, -0.1) is 0 Å². The Balaban J connectivity index is 2.25. The van der Waals surface area contributed by atoms with Crippen LogP contribution in [0.25, 0.3) is 0 Å². The number of benzene rings is 1. The average Bonchev–Trinajstić information content (AvgIpc) is 2.48. The highest BCUT2D eigenvalue weighted by atomic mass is 79.9. The maximum atomic E-state index is 14.2. The zero-order chi connectivity index (χ0) is 14.3. The second-order valence-corrected chi connectivity index (χ2v) is 6.68. The van der Waals surface area contributed by atoms with Crippen LogP contribution < -0.4 is 5.46 Å². The van der Waals surface area contributed by atoms with E-state index in [-0.39, 0.29) is 5.82 Å². The second kappa shape index (κ2) is 5.19. The molecule has 0 unspecified atom stereocenters. The van der Waals surface area contributed by atoms with E-state index in [2.05, 4.69) is 15.9 Å². The lowest BCUT2D eigenvalue weighted by Gasteiger charge is -2.32. The molecule has 1 aromatic rings. The molecule has 0 radical (unpaired) electrons. The summed E-state index contributed by atoms with van der Waals surface area (Å²) in [4.78, 5) is 0. The van der Waals surface area contributed by atoms with E-state index in [1.54, 1.807) is 12.1 Å². The van der Waals surface area contributed by atoms with Crippen LogP contribution in [-0.4, -0.2) is 23.7 Å². The van der Waals surface area contributed by atoms with Gasteiger partial charge in [-0.3, -0.25) is 0 Å². The Labute approximate surface area is 122 Å². The number of hydrogen-bond donors (Lipinski definition) is 0. The average molecular weight is 329 g/mol. The fourth-order valence-corrected chi connectivity index (χ4v) is 2.45. The standard InChI is InChI=1S/C14H19BBrFO2/c1-13(2)14(3,4)19-15(18-13)11-6-5-10(7-8-16)9-12(11)17/h5-6,9H,7-8H2,1-4H3. The molecule has 0 atom stereocenters. The van der Waals surface area contributed by atoms with Crippen molar-refractivity contribution in [2.75, 3.05) is 5.33 Å². The lowest BCUT2D eigenvalue weighted by atomic mass is 9.78. The van der Waals surface area contributed by atoms with Gasteiger partial charge in [0.1, 0.15) is 5.82 Å². The molecule has 5 heteroatoms. The molecule has 0 aliphatic carbocycles. The minimum Gasteiger partial charge on any atom is -0.399 e. The van der Waals surface area contributed by atoms with Crippen molar-refractivity contribution in [2.24, 2.45) is 0 Å². The first-order valence-electron chi connectivity index (χ1n) is 6.47. The highest BCUT2D eigenvalue weighted by molar-refractivity contribution is 9.09. The fraction of sp³-hybridized carbons (Fsp3) is 0.571. The molecule has 0 N–H and O–H groups in total. The Morgan fingerprint density at radius 1 is 1.16 bits per heavy atom. The van der Waals surface area contributed by atoms with E-state index < -0.39 is 18.3 Å². The monoisotopic (exact) mass is 328 g/mol. The molecule has 0 bridgehead atoms. The van der Waals surface area contributed by atoms with Crippen LogP contribution in [0, 0.1) is 5.82 Å². The molecular weight excluding hydrogens is 310 g/mol. The van der Waals surface area contributed by atoms with Crippen molar-refractivity contribution in [3.05, 3.63) is 29.6 Å². The third kappa shape index (κ3) is 2.88. The third-order valence-corrected chi connectivity index (χ3v) is 4.35. The van der Waals surface area contributed by atoms with Crippen LogP contribution in [0.15, 0.2) is 18.2 Å². The van der Waals surface area contributed by atoms with Crippen LogP contribution in [0.3, 0.4) is 0 Å². The largest absolute Gasteiger partial charge is 0.497 e. The number of alkyl halides is 1. The molecule has 2 rings (SSSR count). The Bertz CT molecular complexity index is 461. The van der Waals surface area contributed by atoms with E-state index in [9.17, 15) is 4.39 Å². The van der Waals surface area contributed by atoms with Crippen LogP contribution in [0.5, 0.6) is 0 Å². The molecule has 1 aliphatic heterocycles.